The highest BCUT2D eigenvalue weighted by molar-refractivity contribution is 7.89. The van der Waals surface area contributed by atoms with Crippen molar-refractivity contribution in [1.29, 1.82) is 0 Å². The number of aliphatic hydroxyl groups is 1. The third-order valence-corrected chi connectivity index (χ3v) is 5.77. The molecular weight excluding hydrogens is 373 g/mol. The van der Waals surface area contributed by atoms with Crippen LogP contribution in [0.15, 0.2) is 47.4 Å². The number of hydrogen-bond acceptors (Lipinski definition) is 5. The normalized spacial score (nSPS) is 24.4. The minimum absolute atomic E-state index is 0.120. The number of esters is 1. The Labute approximate surface area is 148 Å². The van der Waals surface area contributed by atoms with E-state index in [9.17, 15) is 22.7 Å². The molecule has 0 fully saturated rings. The van der Waals surface area contributed by atoms with Crippen molar-refractivity contribution in [3.8, 4) is 0 Å². The van der Waals surface area contributed by atoms with Gasteiger partial charge >= 0.3 is 5.97 Å². The SMILES string of the molecule is COC(=O)[C@@H]1NS(=O)(=O)c2ccc(Cl)cc2[C@@]1(O)c1ccccc1F. The number of rotatable bonds is 2. The molecule has 2 atom stereocenters. The van der Waals surface area contributed by atoms with Gasteiger partial charge in [-0.05, 0) is 24.3 Å². The summed E-state index contributed by atoms with van der Waals surface area (Å²) in [7, 11) is -3.11. The van der Waals surface area contributed by atoms with E-state index in [4.69, 9.17) is 11.6 Å². The predicted octanol–water partition coefficient (Wildman–Crippen LogP) is 1.55. The van der Waals surface area contributed by atoms with E-state index < -0.39 is 33.5 Å². The Hall–Kier alpha value is -2.00. The lowest BCUT2D eigenvalue weighted by atomic mass is 9.80. The number of sulfonamides is 1. The molecule has 1 aliphatic heterocycles. The summed E-state index contributed by atoms with van der Waals surface area (Å²) in [5.74, 6) is -1.88. The van der Waals surface area contributed by atoms with Crippen molar-refractivity contribution in [3.63, 3.8) is 0 Å². The van der Waals surface area contributed by atoms with Crippen molar-refractivity contribution in [2.75, 3.05) is 7.11 Å². The molecule has 1 aliphatic rings. The molecule has 3 rings (SSSR count). The quantitative estimate of drug-likeness (QED) is 0.765. The number of nitrogens with one attached hydrogen (secondary N) is 1. The predicted molar refractivity (Wildman–Crippen MR) is 87.0 cm³/mol. The van der Waals surface area contributed by atoms with E-state index >= 15 is 0 Å². The van der Waals surface area contributed by atoms with Crippen LogP contribution >= 0.6 is 11.6 Å². The number of fused-ring (bicyclic) bond motifs is 1. The number of methoxy groups -OCH3 is 1. The highest BCUT2D eigenvalue weighted by atomic mass is 35.5. The first kappa shape index (κ1) is 17.8. The third kappa shape index (κ3) is 2.71. The van der Waals surface area contributed by atoms with Crippen LogP contribution in [0.5, 0.6) is 0 Å². The maximum atomic E-state index is 14.4. The zero-order chi connectivity index (χ0) is 18.4. The van der Waals surface area contributed by atoms with Gasteiger partial charge in [-0.15, -0.1) is 0 Å². The number of benzene rings is 2. The minimum Gasteiger partial charge on any atom is -0.468 e. The minimum atomic E-state index is -4.15. The van der Waals surface area contributed by atoms with E-state index in [1.54, 1.807) is 0 Å². The zero-order valence-electron chi connectivity index (χ0n) is 12.9. The molecule has 2 aromatic rings. The second-order valence-electron chi connectivity index (χ2n) is 5.46. The maximum Gasteiger partial charge on any atom is 0.327 e. The Kier molecular flexibility index (Phi) is 4.32. The van der Waals surface area contributed by atoms with Crippen LogP contribution in [0.3, 0.4) is 0 Å². The Morgan fingerprint density at radius 2 is 1.96 bits per heavy atom. The van der Waals surface area contributed by atoms with E-state index in [1.807, 2.05) is 0 Å². The second-order valence-corrected chi connectivity index (χ2v) is 7.58. The van der Waals surface area contributed by atoms with Crippen LogP contribution in [0.25, 0.3) is 0 Å². The molecule has 0 unspecified atom stereocenters. The molecule has 0 amide bonds. The van der Waals surface area contributed by atoms with Gasteiger partial charge < -0.3 is 9.84 Å². The van der Waals surface area contributed by atoms with Gasteiger partial charge in [-0.3, -0.25) is 4.79 Å². The van der Waals surface area contributed by atoms with E-state index in [0.29, 0.717) is 0 Å². The number of halogens is 2. The molecule has 9 heteroatoms. The van der Waals surface area contributed by atoms with Gasteiger partial charge in [0.15, 0.2) is 6.04 Å². The first-order valence-corrected chi connectivity index (χ1v) is 8.95. The van der Waals surface area contributed by atoms with Crippen molar-refractivity contribution >= 4 is 27.6 Å². The number of carbonyl (C=O) groups excluding carboxylic acids is 1. The van der Waals surface area contributed by atoms with Crippen LogP contribution in [-0.4, -0.2) is 32.6 Å². The molecule has 0 radical (unpaired) electrons. The van der Waals surface area contributed by atoms with Crippen LogP contribution in [0.1, 0.15) is 11.1 Å². The summed E-state index contributed by atoms with van der Waals surface area (Å²) in [5, 5.41) is 11.5. The van der Waals surface area contributed by atoms with Crippen LogP contribution in [0, 0.1) is 5.82 Å². The fraction of sp³-hybridized carbons (Fsp3) is 0.188. The zero-order valence-corrected chi connectivity index (χ0v) is 14.4. The van der Waals surface area contributed by atoms with Crippen molar-refractivity contribution < 1.29 is 27.4 Å². The van der Waals surface area contributed by atoms with E-state index in [2.05, 4.69) is 9.46 Å². The number of hydrogen-bond donors (Lipinski definition) is 2. The maximum absolute atomic E-state index is 14.4. The van der Waals surface area contributed by atoms with E-state index in [-0.39, 0.29) is 21.0 Å². The lowest BCUT2D eigenvalue weighted by Gasteiger charge is -2.40. The monoisotopic (exact) mass is 385 g/mol. The van der Waals surface area contributed by atoms with Crippen LogP contribution in [0.4, 0.5) is 4.39 Å². The van der Waals surface area contributed by atoms with Crippen molar-refractivity contribution in [2.24, 2.45) is 0 Å². The molecule has 132 valence electrons. The Balaban J connectivity index is 2.41. The molecule has 6 nitrogen and oxygen atoms in total. The van der Waals surface area contributed by atoms with Gasteiger partial charge in [-0.1, -0.05) is 29.8 Å². The van der Waals surface area contributed by atoms with Crippen LogP contribution < -0.4 is 4.72 Å². The Morgan fingerprint density at radius 1 is 1.28 bits per heavy atom. The summed E-state index contributed by atoms with van der Waals surface area (Å²) in [5.41, 5.74) is -2.83. The van der Waals surface area contributed by atoms with Crippen LogP contribution in [-0.2, 0) is 25.2 Å². The van der Waals surface area contributed by atoms with Gasteiger partial charge in [-0.2, -0.15) is 4.72 Å². The smallest absolute Gasteiger partial charge is 0.327 e. The summed E-state index contributed by atoms with van der Waals surface area (Å²) in [6.07, 6.45) is 0. The molecule has 2 aromatic carbocycles. The largest absolute Gasteiger partial charge is 0.468 e. The fourth-order valence-electron chi connectivity index (χ4n) is 2.90. The summed E-state index contributed by atoms with van der Waals surface area (Å²) in [4.78, 5) is 11.9. The topological polar surface area (TPSA) is 92.7 Å². The number of ether oxygens (including phenoxy) is 1. The molecule has 0 saturated carbocycles. The molecule has 0 aromatic heterocycles. The van der Waals surface area contributed by atoms with Gasteiger partial charge in [0.25, 0.3) is 0 Å². The molecule has 25 heavy (non-hydrogen) atoms. The standard InChI is InChI=1S/C16H13ClFNO5S/c1-24-15(20)14-16(21,10-4-2-3-5-12(10)18)11-8-9(17)6-7-13(11)25(22,23)19-14/h2-8,14,19,21H,1H3/t14-,16-/m0/s1. The molecular formula is C16H13ClFNO5S. The molecule has 2 N–H and O–H groups in total. The molecule has 0 bridgehead atoms. The van der Waals surface area contributed by atoms with Gasteiger partial charge in [-0.25, -0.2) is 12.8 Å². The average molecular weight is 386 g/mol. The molecule has 0 aliphatic carbocycles. The van der Waals surface area contributed by atoms with E-state index in [1.165, 1.54) is 36.4 Å². The summed E-state index contributed by atoms with van der Waals surface area (Å²) < 4.78 is 46.0. The Bertz CT molecular complexity index is 965. The molecule has 0 spiro atoms. The first-order chi connectivity index (χ1) is 11.7. The lowest BCUT2D eigenvalue weighted by molar-refractivity contribution is -0.149. The fourth-order valence-corrected chi connectivity index (χ4v) is 4.53. The molecule has 0 saturated heterocycles. The number of carbonyl (C=O) groups is 1. The lowest BCUT2D eigenvalue weighted by Crippen LogP contribution is -2.60. The van der Waals surface area contributed by atoms with Crippen molar-refractivity contribution in [1.82, 2.24) is 4.72 Å². The average Bonchev–Trinajstić information content (AvgIpc) is 2.57. The van der Waals surface area contributed by atoms with Crippen LogP contribution in [0.2, 0.25) is 5.02 Å². The highest BCUT2D eigenvalue weighted by Gasteiger charge is 2.54. The first-order valence-electron chi connectivity index (χ1n) is 7.09. The van der Waals surface area contributed by atoms with Gasteiger partial charge in [0.05, 0.1) is 12.0 Å². The summed E-state index contributed by atoms with van der Waals surface area (Å²) >= 11 is 5.95. The van der Waals surface area contributed by atoms with Crippen molar-refractivity contribution in [3.05, 3.63) is 64.4 Å². The summed E-state index contributed by atoms with van der Waals surface area (Å²) in [6.45, 7) is 0. The second kappa shape index (κ2) is 6.06. The van der Waals surface area contributed by atoms with Gasteiger partial charge in [0.1, 0.15) is 11.4 Å². The van der Waals surface area contributed by atoms with Gasteiger partial charge in [0.2, 0.25) is 10.0 Å². The Morgan fingerprint density at radius 3 is 2.60 bits per heavy atom. The molecule has 1 heterocycles. The highest BCUT2D eigenvalue weighted by Crippen LogP contribution is 2.42. The van der Waals surface area contributed by atoms with E-state index in [0.717, 1.165) is 13.2 Å². The van der Waals surface area contributed by atoms with Gasteiger partial charge in [0, 0.05) is 16.1 Å². The third-order valence-electron chi connectivity index (χ3n) is 4.05. The van der Waals surface area contributed by atoms with Crippen molar-refractivity contribution in [2.45, 2.75) is 16.5 Å². The summed E-state index contributed by atoms with van der Waals surface area (Å²) in [6, 6.07) is 7.12.